The first-order chi connectivity index (χ1) is 8.04. The highest BCUT2D eigenvalue weighted by Gasteiger charge is 2.13. The van der Waals surface area contributed by atoms with Crippen LogP contribution in [0.5, 0.6) is 0 Å². The van der Waals surface area contributed by atoms with Gasteiger partial charge in [-0.3, -0.25) is 14.9 Å². The van der Waals surface area contributed by atoms with E-state index in [4.69, 9.17) is 9.84 Å². The summed E-state index contributed by atoms with van der Waals surface area (Å²) in [6.45, 7) is 1.91. The number of aliphatic hydroxyl groups is 1. The molecule has 0 aromatic carbocycles. The van der Waals surface area contributed by atoms with Gasteiger partial charge in [0.2, 0.25) is 6.41 Å². The topological polar surface area (TPSA) is 78.9 Å². The van der Waals surface area contributed by atoms with Crippen molar-refractivity contribution in [2.75, 3.05) is 20.8 Å². The third-order valence-corrected chi connectivity index (χ3v) is 2.50. The number of nitrogens with one attached hydrogen (secondary N) is 1. The molecule has 2 amide bonds. The Morgan fingerprint density at radius 1 is 1.59 bits per heavy atom. The van der Waals surface area contributed by atoms with E-state index < -0.39 is 5.91 Å². The van der Waals surface area contributed by atoms with Gasteiger partial charge in [-0.1, -0.05) is 0 Å². The number of ether oxygens (including phenoxy) is 1. The summed E-state index contributed by atoms with van der Waals surface area (Å²) in [5.41, 5.74) is 0. The quantitative estimate of drug-likeness (QED) is 0.444. The fraction of sp³-hybridized carbons (Fsp3) is 0.636. The fourth-order valence-electron chi connectivity index (χ4n) is 1.23. The Bertz CT molecular complexity index is 264. The molecule has 6 nitrogen and oxygen atoms in total. The summed E-state index contributed by atoms with van der Waals surface area (Å²) in [5, 5.41) is 11.0. The number of amides is 2. The lowest BCUT2D eigenvalue weighted by Gasteiger charge is -2.25. The van der Waals surface area contributed by atoms with Gasteiger partial charge in [0.1, 0.15) is 0 Å². The predicted octanol–water partition coefficient (Wildman–Crippen LogP) is -0.510. The maximum absolute atomic E-state index is 11.0. The smallest absolute Gasteiger partial charge is 0.251 e. The number of hydrogen-bond donors (Lipinski definition) is 2. The number of carbonyl (C=O) groups excluding carboxylic acids is 2. The highest BCUT2D eigenvalue weighted by Crippen LogP contribution is 2.07. The molecule has 0 aliphatic heterocycles. The summed E-state index contributed by atoms with van der Waals surface area (Å²) in [4.78, 5) is 22.8. The molecule has 0 aliphatic carbocycles. The van der Waals surface area contributed by atoms with Crippen molar-refractivity contribution in [3.63, 3.8) is 0 Å². The van der Waals surface area contributed by atoms with E-state index in [1.165, 1.54) is 6.08 Å². The second-order valence-corrected chi connectivity index (χ2v) is 3.73. The molecule has 0 saturated heterocycles. The van der Waals surface area contributed by atoms with E-state index >= 15 is 0 Å². The summed E-state index contributed by atoms with van der Waals surface area (Å²) in [6, 6.07) is 0.104. The summed E-state index contributed by atoms with van der Waals surface area (Å²) >= 11 is 0. The van der Waals surface area contributed by atoms with E-state index in [-0.39, 0.29) is 18.8 Å². The standard InChI is InChI=1S/C11H20N2O4/c1-9(6-10(7-14)17-3)13(2)5-4-11(16)12-8-15/h4-5,8-10,14H,6-7H2,1-3H3,(H,12,15,16)/b5-4-. The number of hydrogen-bond acceptors (Lipinski definition) is 5. The van der Waals surface area contributed by atoms with Crippen LogP contribution >= 0.6 is 0 Å². The minimum Gasteiger partial charge on any atom is -0.394 e. The van der Waals surface area contributed by atoms with Crippen molar-refractivity contribution in [1.82, 2.24) is 10.2 Å². The number of carbonyl (C=O) groups is 2. The van der Waals surface area contributed by atoms with Gasteiger partial charge in [-0.05, 0) is 13.3 Å². The number of nitrogens with zero attached hydrogens (tertiary/aromatic N) is 1. The van der Waals surface area contributed by atoms with Crippen LogP contribution in [0.15, 0.2) is 12.3 Å². The molecular weight excluding hydrogens is 224 g/mol. The van der Waals surface area contributed by atoms with Gasteiger partial charge in [0.25, 0.3) is 5.91 Å². The molecule has 0 heterocycles. The van der Waals surface area contributed by atoms with Gasteiger partial charge >= 0.3 is 0 Å². The molecule has 98 valence electrons. The van der Waals surface area contributed by atoms with Crippen molar-refractivity contribution >= 4 is 12.3 Å². The maximum atomic E-state index is 11.0. The summed E-state index contributed by atoms with van der Waals surface area (Å²) in [7, 11) is 3.35. The molecule has 0 rings (SSSR count). The molecule has 0 aromatic rings. The first-order valence-corrected chi connectivity index (χ1v) is 5.33. The monoisotopic (exact) mass is 244 g/mol. The predicted molar refractivity (Wildman–Crippen MR) is 63.1 cm³/mol. The Balaban J connectivity index is 4.16. The van der Waals surface area contributed by atoms with Crippen LogP contribution in [0.1, 0.15) is 13.3 Å². The van der Waals surface area contributed by atoms with E-state index in [0.29, 0.717) is 12.8 Å². The van der Waals surface area contributed by atoms with Crippen LogP contribution in [0.25, 0.3) is 0 Å². The number of imide groups is 1. The lowest BCUT2D eigenvalue weighted by Crippen LogP contribution is -2.31. The third-order valence-electron chi connectivity index (χ3n) is 2.50. The van der Waals surface area contributed by atoms with Crippen molar-refractivity contribution in [2.45, 2.75) is 25.5 Å². The van der Waals surface area contributed by atoms with Gasteiger partial charge in [0.05, 0.1) is 12.7 Å². The van der Waals surface area contributed by atoms with Gasteiger partial charge in [0.15, 0.2) is 0 Å². The highest BCUT2D eigenvalue weighted by atomic mass is 16.5. The molecule has 0 saturated carbocycles. The van der Waals surface area contributed by atoms with Crippen molar-refractivity contribution in [3.05, 3.63) is 12.3 Å². The van der Waals surface area contributed by atoms with Crippen LogP contribution in [0, 0.1) is 0 Å². The molecule has 0 spiro atoms. The zero-order chi connectivity index (χ0) is 13.3. The second-order valence-electron chi connectivity index (χ2n) is 3.73. The van der Waals surface area contributed by atoms with Crippen molar-refractivity contribution in [3.8, 4) is 0 Å². The van der Waals surface area contributed by atoms with Crippen molar-refractivity contribution < 1.29 is 19.4 Å². The SMILES string of the molecule is COC(CO)CC(C)N(C)/C=C\C(=O)NC=O. The lowest BCUT2D eigenvalue weighted by molar-refractivity contribution is -0.121. The number of aliphatic hydroxyl groups excluding tert-OH is 1. The van der Waals surface area contributed by atoms with Gasteiger partial charge in [-0.15, -0.1) is 0 Å². The molecular formula is C11H20N2O4. The minimum atomic E-state index is -0.468. The molecule has 17 heavy (non-hydrogen) atoms. The summed E-state index contributed by atoms with van der Waals surface area (Å²) < 4.78 is 5.06. The first kappa shape index (κ1) is 15.6. The Labute approximate surface area is 101 Å². The lowest BCUT2D eigenvalue weighted by atomic mass is 10.1. The van der Waals surface area contributed by atoms with Gasteiger partial charge in [0, 0.05) is 32.5 Å². The molecule has 2 N–H and O–H groups in total. The average Bonchev–Trinajstić information content (AvgIpc) is 2.32. The molecule has 2 unspecified atom stereocenters. The van der Waals surface area contributed by atoms with E-state index in [1.807, 2.05) is 17.1 Å². The van der Waals surface area contributed by atoms with Crippen LogP contribution in [-0.2, 0) is 14.3 Å². The molecule has 0 radical (unpaired) electrons. The Morgan fingerprint density at radius 3 is 2.71 bits per heavy atom. The summed E-state index contributed by atoms with van der Waals surface area (Å²) in [5.74, 6) is -0.468. The second kappa shape index (κ2) is 8.72. The molecule has 0 aromatic heterocycles. The normalized spacial score (nSPS) is 14.4. The van der Waals surface area contributed by atoms with Crippen LogP contribution < -0.4 is 5.32 Å². The Kier molecular flexibility index (Phi) is 8.00. The molecule has 0 aliphatic rings. The maximum Gasteiger partial charge on any atom is 0.251 e. The van der Waals surface area contributed by atoms with E-state index in [2.05, 4.69) is 0 Å². The van der Waals surface area contributed by atoms with Gasteiger partial charge < -0.3 is 14.7 Å². The molecule has 6 heteroatoms. The van der Waals surface area contributed by atoms with E-state index in [0.717, 1.165) is 0 Å². The highest BCUT2D eigenvalue weighted by molar-refractivity contribution is 5.94. The van der Waals surface area contributed by atoms with Crippen LogP contribution in [0.4, 0.5) is 0 Å². The van der Waals surface area contributed by atoms with Crippen LogP contribution in [0.2, 0.25) is 0 Å². The van der Waals surface area contributed by atoms with Crippen molar-refractivity contribution in [1.29, 1.82) is 0 Å². The van der Waals surface area contributed by atoms with Gasteiger partial charge in [-0.2, -0.15) is 0 Å². The largest absolute Gasteiger partial charge is 0.394 e. The summed E-state index contributed by atoms with van der Waals surface area (Å²) in [6.07, 6.45) is 3.61. The number of rotatable bonds is 8. The Morgan fingerprint density at radius 2 is 2.24 bits per heavy atom. The van der Waals surface area contributed by atoms with Crippen LogP contribution in [-0.4, -0.2) is 55.2 Å². The zero-order valence-corrected chi connectivity index (χ0v) is 10.4. The van der Waals surface area contributed by atoms with E-state index in [9.17, 15) is 9.59 Å². The fourth-order valence-corrected chi connectivity index (χ4v) is 1.23. The van der Waals surface area contributed by atoms with Crippen molar-refractivity contribution in [2.24, 2.45) is 0 Å². The Hall–Kier alpha value is -1.40. The van der Waals surface area contributed by atoms with E-state index in [1.54, 1.807) is 20.4 Å². The first-order valence-electron chi connectivity index (χ1n) is 5.33. The molecule has 0 fully saturated rings. The zero-order valence-electron chi connectivity index (χ0n) is 10.4. The molecule has 0 bridgehead atoms. The number of methoxy groups -OCH3 is 1. The minimum absolute atomic E-state index is 0.0377. The van der Waals surface area contributed by atoms with Gasteiger partial charge in [-0.25, -0.2) is 0 Å². The third kappa shape index (κ3) is 6.70. The average molecular weight is 244 g/mol. The molecule has 2 atom stereocenters. The van der Waals surface area contributed by atoms with Crippen LogP contribution in [0.3, 0.4) is 0 Å².